The molecular formula is C20H20BrN2O2S+. The first-order valence-corrected chi connectivity index (χ1v) is 11.6. The van der Waals surface area contributed by atoms with Crippen LogP contribution in [0.4, 0.5) is 5.13 Å². The van der Waals surface area contributed by atoms with E-state index >= 15 is 0 Å². The normalized spacial score (nSPS) is 11.4. The van der Waals surface area contributed by atoms with Gasteiger partial charge in [0.05, 0.1) is 5.56 Å². The maximum atomic E-state index is 12.5. The van der Waals surface area contributed by atoms with Crippen molar-refractivity contribution < 1.29 is 9.90 Å². The minimum absolute atomic E-state index is 0.0412. The van der Waals surface area contributed by atoms with Gasteiger partial charge in [0.15, 0.2) is 0 Å². The molecule has 0 fully saturated rings. The van der Waals surface area contributed by atoms with Crippen molar-refractivity contribution in [3.8, 4) is 16.2 Å². The van der Waals surface area contributed by atoms with E-state index in [1.165, 1.54) is 6.07 Å². The number of nitrogens with zero attached hydrogens (tertiary/aromatic N) is 1. The van der Waals surface area contributed by atoms with Crippen LogP contribution in [0, 0.1) is 0 Å². The number of aromatic hydroxyl groups is 1. The molecule has 0 aliphatic rings. The summed E-state index contributed by atoms with van der Waals surface area (Å²) in [5, 5.41) is 13.4. The molecule has 0 spiro atoms. The molecule has 1 amide bonds. The quantitative estimate of drug-likeness (QED) is 0.473. The number of carbonyl (C=O) groups excluding carboxylic acids is 1. The first-order valence-electron chi connectivity index (χ1n) is 8.49. The molecule has 2 aromatic carbocycles. The van der Waals surface area contributed by atoms with Crippen molar-refractivity contribution >= 4 is 34.8 Å². The van der Waals surface area contributed by atoms with Crippen LogP contribution in [0.25, 0.3) is 10.4 Å². The largest absolute Gasteiger partial charge is 0.507 e. The highest BCUT2D eigenvalue weighted by atomic mass is 79.9. The van der Waals surface area contributed by atoms with Crippen molar-refractivity contribution in [2.75, 3.05) is 5.32 Å². The van der Waals surface area contributed by atoms with Gasteiger partial charge in [0.1, 0.15) is 20.3 Å². The van der Waals surface area contributed by atoms with Gasteiger partial charge in [-0.3, -0.25) is 10.1 Å². The number of aromatic nitrogens is 1. The van der Waals surface area contributed by atoms with Gasteiger partial charge in [0.25, 0.3) is 20.7 Å². The fraction of sp³-hybridized carbons (Fsp3) is 0.200. The lowest BCUT2D eigenvalue weighted by Crippen LogP contribution is -2.12. The van der Waals surface area contributed by atoms with E-state index in [0.717, 1.165) is 35.4 Å². The highest BCUT2D eigenvalue weighted by molar-refractivity contribution is 9.35. The first-order chi connectivity index (χ1) is 12.6. The molecule has 134 valence electrons. The fourth-order valence-electron chi connectivity index (χ4n) is 2.69. The van der Waals surface area contributed by atoms with E-state index < -0.39 is 8.90 Å². The lowest BCUT2D eigenvalue weighted by molar-refractivity contribution is 0.102. The second kappa shape index (κ2) is 8.47. The van der Waals surface area contributed by atoms with Gasteiger partial charge in [-0.05, 0) is 37.1 Å². The number of hydrogen-bond donors (Lipinski definition) is 2. The maximum absolute atomic E-state index is 12.5. The molecule has 0 radical (unpaired) electrons. The number of nitrogens with one attached hydrogen (secondary N) is 1. The summed E-state index contributed by atoms with van der Waals surface area (Å²) < 4.78 is 0. The minimum atomic E-state index is -0.505. The Balaban J connectivity index is 1.96. The first kappa shape index (κ1) is 18.6. The van der Waals surface area contributed by atoms with E-state index in [1.54, 1.807) is 18.2 Å². The van der Waals surface area contributed by atoms with E-state index in [-0.39, 0.29) is 17.2 Å². The number of para-hydroxylation sites is 1. The third-order valence-corrected chi connectivity index (χ3v) is 7.27. The van der Waals surface area contributed by atoms with Crippen LogP contribution < -0.4 is 5.32 Å². The number of anilines is 1. The number of unbranched alkanes of at least 4 members (excludes halogenated alkanes) is 1. The van der Waals surface area contributed by atoms with E-state index in [1.807, 2.05) is 18.2 Å². The summed E-state index contributed by atoms with van der Waals surface area (Å²) in [5.74, 6) is -0.400. The van der Waals surface area contributed by atoms with Crippen molar-refractivity contribution in [2.24, 2.45) is 0 Å². The molecule has 0 bridgehead atoms. The number of hydrogen-bond acceptors (Lipinski definition) is 3. The fourth-order valence-corrected chi connectivity index (χ4v) is 5.53. The Morgan fingerprint density at radius 3 is 2.54 bits per heavy atom. The van der Waals surface area contributed by atoms with Crippen molar-refractivity contribution in [1.29, 1.82) is 0 Å². The van der Waals surface area contributed by atoms with Gasteiger partial charge in [-0.25, -0.2) is 0 Å². The van der Waals surface area contributed by atoms with Gasteiger partial charge in [0, 0.05) is 5.56 Å². The maximum Gasteiger partial charge on any atom is 0.359 e. The van der Waals surface area contributed by atoms with Gasteiger partial charge in [0.2, 0.25) is 4.88 Å². The molecule has 1 atom stereocenters. The Kier molecular flexibility index (Phi) is 6.06. The van der Waals surface area contributed by atoms with Gasteiger partial charge in [-0.15, -0.1) is 0 Å². The smallest absolute Gasteiger partial charge is 0.359 e. The number of carbonyl (C=O) groups is 1. The van der Waals surface area contributed by atoms with E-state index in [9.17, 15) is 9.90 Å². The van der Waals surface area contributed by atoms with Crippen LogP contribution in [0.5, 0.6) is 5.75 Å². The van der Waals surface area contributed by atoms with E-state index in [4.69, 9.17) is 4.98 Å². The predicted octanol–water partition coefficient (Wildman–Crippen LogP) is 5.96. The summed E-state index contributed by atoms with van der Waals surface area (Å²) in [5.41, 5.74) is 2.35. The van der Waals surface area contributed by atoms with Crippen LogP contribution >= 0.6 is 23.7 Å². The Morgan fingerprint density at radius 2 is 1.85 bits per heavy atom. The van der Waals surface area contributed by atoms with E-state index in [0.29, 0.717) is 5.13 Å². The summed E-state index contributed by atoms with van der Waals surface area (Å²) in [6, 6.07) is 16.6. The number of thiazole rings is 1. The Bertz CT molecular complexity index is 909. The zero-order valence-corrected chi connectivity index (χ0v) is 16.8. The summed E-state index contributed by atoms with van der Waals surface area (Å²) in [7, 11) is -0.505. The summed E-state index contributed by atoms with van der Waals surface area (Å²) in [6.07, 6.45) is 2.99. The lowest BCUT2D eigenvalue weighted by Gasteiger charge is -2.01. The molecule has 0 saturated heterocycles. The lowest BCUT2D eigenvalue weighted by atomic mass is 10.1. The molecule has 0 saturated carbocycles. The van der Waals surface area contributed by atoms with Crippen LogP contribution in [0.2, 0.25) is 0 Å². The van der Waals surface area contributed by atoms with Crippen molar-refractivity contribution in [1.82, 2.24) is 4.98 Å². The highest BCUT2D eigenvalue weighted by Gasteiger charge is 2.30. The molecular weight excluding hydrogens is 412 g/mol. The third-order valence-electron chi connectivity index (χ3n) is 4.02. The molecule has 3 aromatic rings. The number of amides is 1. The Labute approximate surface area is 163 Å². The standard InChI is InChI=1S/C20H19BrN2O2S/c1-2-3-12-16-18(14-9-5-4-6-10-14)26(21)20(22-16)23-19(25)15-11-7-8-13-17(15)24/h4-11,13H,2-3,12H2,1H3,(H-,22,23,24,25)/p+1. The van der Waals surface area contributed by atoms with Crippen LogP contribution in [0.15, 0.2) is 54.6 Å². The van der Waals surface area contributed by atoms with Crippen molar-refractivity contribution in [3.05, 3.63) is 65.9 Å². The molecule has 1 heterocycles. The molecule has 2 N–H and O–H groups in total. The van der Waals surface area contributed by atoms with Crippen LogP contribution in [-0.2, 0) is 6.42 Å². The minimum Gasteiger partial charge on any atom is -0.507 e. The SMILES string of the molecule is CCCCc1nc(NC(=O)c2ccccc2O)[s+](Br)c1-c1ccccc1. The average molecular weight is 432 g/mol. The van der Waals surface area contributed by atoms with Gasteiger partial charge in [-0.2, -0.15) is 4.98 Å². The van der Waals surface area contributed by atoms with Gasteiger partial charge in [-0.1, -0.05) is 43.7 Å². The van der Waals surface area contributed by atoms with E-state index in [2.05, 4.69) is 39.2 Å². The monoisotopic (exact) mass is 431 g/mol. The van der Waals surface area contributed by atoms with Gasteiger partial charge >= 0.3 is 5.13 Å². The van der Waals surface area contributed by atoms with Crippen LogP contribution in [0.3, 0.4) is 0 Å². The van der Waals surface area contributed by atoms with Crippen molar-refractivity contribution in [2.45, 2.75) is 26.2 Å². The van der Waals surface area contributed by atoms with Crippen LogP contribution in [0.1, 0.15) is 35.8 Å². The highest BCUT2D eigenvalue weighted by Crippen LogP contribution is 2.48. The second-order valence-electron chi connectivity index (χ2n) is 5.89. The molecule has 3 rings (SSSR count). The molecule has 6 heteroatoms. The zero-order chi connectivity index (χ0) is 18.5. The summed E-state index contributed by atoms with van der Waals surface area (Å²) >= 11 is 3.72. The van der Waals surface area contributed by atoms with Gasteiger partial charge < -0.3 is 5.11 Å². The number of benzene rings is 2. The number of rotatable bonds is 6. The topological polar surface area (TPSA) is 62.2 Å². The molecule has 4 nitrogen and oxygen atoms in total. The molecule has 26 heavy (non-hydrogen) atoms. The third kappa shape index (κ3) is 3.97. The Morgan fingerprint density at radius 1 is 1.15 bits per heavy atom. The Hall–Kier alpha value is -2.18. The summed E-state index contributed by atoms with van der Waals surface area (Å²) in [6.45, 7) is 2.15. The van der Waals surface area contributed by atoms with Crippen LogP contribution in [-0.4, -0.2) is 16.0 Å². The average Bonchev–Trinajstić information content (AvgIpc) is 2.96. The number of phenolic OH excluding ortho intramolecular Hbond substituents is 1. The predicted molar refractivity (Wildman–Crippen MR) is 111 cm³/mol. The van der Waals surface area contributed by atoms with Crippen molar-refractivity contribution in [3.63, 3.8) is 0 Å². The number of aryl methyl sites for hydroxylation is 1. The summed E-state index contributed by atoms with van der Waals surface area (Å²) in [4.78, 5) is 18.4. The molecule has 0 aliphatic carbocycles. The number of phenols is 1. The molecule has 1 aromatic heterocycles. The molecule has 0 aliphatic heterocycles. The zero-order valence-electron chi connectivity index (χ0n) is 14.4. The second-order valence-corrected chi connectivity index (χ2v) is 9.14. The number of halogens is 1. The molecule has 1 unspecified atom stereocenters.